The number of rotatable bonds is 4. The predicted molar refractivity (Wildman–Crippen MR) is 62.6 cm³/mol. The minimum Gasteiger partial charge on any atom is -0.477 e. The second-order valence-corrected chi connectivity index (χ2v) is 4.01. The number of ether oxygens (including phenoxy) is 1. The van der Waals surface area contributed by atoms with Crippen molar-refractivity contribution < 1.29 is 36.6 Å². The summed E-state index contributed by atoms with van der Waals surface area (Å²) in [6, 6.07) is 5.11. The molecule has 22 heavy (non-hydrogen) atoms. The molecule has 0 radical (unpaired) electrons. The van der Waals surface area contributed by atoms with Crippen LogP contribution in [0, 0.1) is 0 Å². The molecule has 2 rings (SSSR count). The lowest BCUT2D eigenvalue weighted by molar-refractivity contribution is -0.274. The van der Waals surface area contributed by atoms with Gasteiger partial charge in [-0.1, -0.05) is 0 Å². The molecule has 1 heterocycles. The fourth-order valence-corrected chi connectivity index (χ4v) is 1.67. The largest absolute Gasteiger partial charge is 0.573 e. The highest BCUT2D eigenvalue weighted by molar-refractivity contribution is 5.87. The van der Waals surface area contributed by atoms with E-state index in [-0.39, 0.29) is 15.9 Å². The molecule has 10 heteroatoms. The van der Waals surface area contributed by atoms with Crippen molar-refractivity contribution in [3.05, 3.63) is 36.0 Å². The zero-order chi connectivity index (χ0) is 16.5. The van der Waals surface area contributed by atoms with Gasteiger partial charge in [0.15, 0.2) is 5.69 Å². The van der Waals surface area contributed by atoms with Crippen LogP contribution < -0.4 is 4.74 Å². The van der Waals surface area contributed by atoms with Gasteiger partial charge in [-0.3, -0.25) is 0 Å². The van der Waals surface area contributed by atoms with Crippen LogP contribution in [0.3, 0.4) is 0 Å². The van der Waals surface area contributed by atoms with Gasteiger partial charge in [0.1, 0.15) is 5.75 Å². The van der Waals surface area contributed by atoms with Crippen LogP contribution in [-0.4, -0.2) is 27.2 Å². The van der Waals surface area contributed by atoms with E-state index in [4.69, 9.17) is 5.11 Å². The van der Waals surface area contributed by atoms with Crippen LogP contribution in [0.5, 0.6) is 5.75 Å². The van der Waals surface area contributed by atoms with Crippen molar-refractivity contribution in [2.75, 3.05) is 0 Å². The van der Waals surface area contributed by atoms with Crippen molar-refractivity contribution in [2.24, 2.45) is 0 Å². The maximum atomic E-state index is 12.7. The first-order valence-electron chi connectivity index (χ1n) is 5.64. The zero-order valence-electron chi connectivity index (χ0n) is 10.5. The summed E-state index contributed by atoms with van der Waals surface area (Å²) in [5.74, 6) is -2.10. The van der Waals surface area contributed by atoms with Gasteiger partial charge in [0.05, 0.1) is 5.69 Å². The predicted octanol–water partition coefficient (Wildman–Crippen LogP) is 3.54. The van der Waals surface area contributed by atoms with E-state index in [1.807, 2.05) is 0 Å². The number of aromatic carboxylic acids is 1. The third-order valence-corrected chi connectivity index (χ3v) is 2.52. The second-order valence-electron chi connectivity index (χ2n) is 4.01. The Labute approximate surface area is 119 Å². The quantitative estimate of drug-likeness (QED) is 0.875. The molecular formula is C12H7F5N2O3. The van der Waals surface area contributed by atoms with Crippen molar-refractivity contribution in [3.8, 4) is 17.0 Å². The van der Waals surface area contributed by atoms with E-state index in [9.17, 15) is 26.7 Å². The summed E-state index contributed by atoms with van der Waals surface area (Å²) in [5, 5.41) is 12.2. The smallest absolute Gasteiger partial charge is 0.477 e. The van der Waals surface area contributed by atoms with Gasteiger partial charge in [0.2, 0.25) is 0 Å². The van der Waals surface area contributed by atoms with E-state index in [2.05, 4.69) is 9.84 Å². The molecule has 0 aliphatic heterocycles. The first-order valence-corrected chi connectivity index (χ1v) is 5.64. The topological polar surface area (TPSA) is 64.3 Å². The normalized spacial score (nSPS) is 11.7. The third-order valence-electron chi connectivity index (χ3n) is 2.52. The molecule has 0 fully saturated rings. The van der Waals surface area contributed by atoms with Gasteiger partial charge in [-0.05, 0) is 30.3 Å². The lowest BCUT2D eigenvalue weighted by Gasteiger charge is -2.08. The molecule has 0 bridgehead atoms. The first-order chi connectivity index (χ1) is 10.2. The van der Waals surface area contributed by atoms with E-state index in [1.54, 1.807) is 0 Å². The SMILES string of the molecule is O=C(O)c1cc(-c2ccc(OC(F)(F)F)cc2)nn1C(F)F. The van der Waals surface area contributed by atoms with Gasteiger partial charge in [-0.2, -0.15) is 18.6 Å². The standard InChI is InChI=1S/C12H7F5N2O3/c13-11(14)19-9(10(20)21)5-8(18-19)6-1-3-7(4-2-6)22-12(15,16)17/h1-5,11H,(H,20,21). The summed E-state index contributed by atoms with van der Waals surface area (Å²) in [4.78, 5) is 10.8. The lowest BCUT2D eigenvalue weighted by atomic mass is 10.1. The van der Waals surface area contributed by atoms with E-state index in [0.717, 1.165) is 30.3 Å². The van der Waals surface area contributed by atoms with E-state index < -0.39 is 30.3 Å². The lowest BCUT2D eigenvalue weighted by Crippen LogP contribution is -2.16. The van der Waals surface area contributed by atoms with Gasteiger partial charge in [-0.25, -0.2) is 4.79 Å². The van der Waals surface area contributed by atoms with Crippen molar-refractivity contribution in [1.29, 1.82) is 0 Å². The van der Waals surface area contributed by atoms with E-state index >= 15 is 0 Å². The average molecular weight is 322 g/mol. The van der Waals surface area contributed by atoms with Crippen LogP contribution >= 0.6 is 0 Å². The minimum atomic E-state index is -4.85. The van der Waals surface area contributed by atoms with Crippen LogP contribution in [-0.2, 0) is 0 Å². The second kappa shape index (κ2) is 5.62. The number of aromatic nitrogens is 2. The van der Waals surface area contributed by atoms with Crippen molar-refractivity contribution in [1.82, 2.24) is 9.78 Å². The van der Waals surface area contributed by atoms with Gasteiger partial charge in [-0.15, -0.1) is 13.2 Å². The fourth-order valence-electron chi connectivity index (χ4n) is 1.67. The fraction of sp³-hybridized carbons (Fsp3) is 0.167. The molecule has 1 N–H and O–H groups in total. The van der Waals surface area contributed by atoms with E-state index in [0.29, 0.717) is 0 Å². The van der Waals surface area contributed by atoms with Crippen LogP contribution in [0.15, 0.2) is 30.3 Å². The van der Waals surface area contributed by atoms with Crippen LogP contribution in [0.25, 0.3) is 11.3 Å². The number of nitrogens with zero attached hydrogens (tertiary/aromatic N) is 2. The molecule has 1 aromatic heterocycles. The number of halogens is 5. The van der Waals surface area contributed by atoms with E-state index in [1.165, 1.54) is 0 Å². The number of carboxylic acids is 1. The monoisotopic (exact) mass is 322 g/mol. The Morgan fingerprint density at radius 1 is 1.23 bits per heavy atom. The molecule has 0 atom stereocenters. The summed E-state index contributed by atoms with van der Waals surface area (Å²) >= 11 is 0. The Morgan fingerprint density at radius 2 is 1.82 bits per heavy atom. The van der Waals surface area contributed by atoms with Gasteiger partial charge >= 0.3 is 18.9 Å². The Hall–Kier alpha value is -2.65. The Balaban J connectivity index is 2.32. The highest BCUT2D eigenvalue weighted by Crippen LogP contribution is 2.27. The molecule has 0 saturated carbocycles. The zero-order valence-corrected chi connectivity index (χ0v) is 10.5. The summed E-state index contributed by atoms with van der Waals surface area (Å²) in [6.45, 7) is -3.16. The molecule has 118 valence electrons. The molecule has 5 nitrogen and oxygen atoms in total. The maximum Gasteiger partial charge on any atom is 0.573 e. The van der Waals surface area contributed by atoms with Crippen LogP contribution in [0.4, 0.5) is 22.0 Å². The Kier molecular flexibility index (Phi) is 4.02. The number of hydrogen-bond donors (Lipinski definition) is 1. The number of benzene rings is 1. The number of carbonyl (C=O) groups is 1. The summed E-state index contributed by atoms with van der Waals surface area (Å²) in [6.07, 6.45) is -4.85. The summed E-state index contributed by atoms with van der Waals surface area (Å²) in [7, 11) is 0. The molecule has 2 aromatic rings. The number of carboxylic acid groups (broad SMARTS) is 1. The highest BCUT2D eigenvalue weighted by Gasteiger charge is 2.31. The summed E-state index contributed by atoms with van der Waals surface area (Å²) < 4.78 is 65.0. The number of hydrogen-bond acceptors (Lipinski definition) is 3. The van der Waals surface area contributed by atoms with Gasteiger partial charge in [0, 0.05) is 5.56 Å². The molecule has 0 aliphatic rings. The molecule has 0 aliphatic carbocycles. The van der Waals surface area contributed by atoms with Gasteiger partial charge < -0.3 is 9.84 Å². The molecular weight excluding hydrogens is 315 g/mol. The molecule has 0 spiro atoms. The average Bonchev–Trinajstić information content (AvgIpc) is 2.83. The molecule has 1 aromatic carbocycles. The van der Waals surface area contributed by atoms with Crippen LogP contribution in [0.2, 0.25) is 0 Å². The van der Waals surface area contributed by atoms with Crippen LogP contribution in [0.1, 0.15) is 17.0 Å². The Morgan fingerprint density at radius 3 is 2.23 bits per heavy atom. The molecule has 0 saturated heterocycles. The number of alkyl halides is 5. The van der Waals surface area contributed by atoms with Crippen molar-refractivity contribution in [2.45, 2.75) is 12.9 Å². The minimum absolute atomic E-state index is 0.0117. The molecule has 0 unspecified atom stereocenters. The third kappa shape index (κ3) is 3.51. The van der Waals surface area contributed by atoms with Crippen molar-refractivity contribution >= 4 is 5.97 Å². The van der Waals surface area contributed by atoms with Gasteiger partial charge in [0.25, 0.3) is 0 Å². The summed E-state index contributed by atoms with van der Waals surface area (Å²) in [5.41, 5.74) is -0.687. The maximum absolute atomic E-state index is 12.7. The van der Waals surface area contributed by atoms with Crippen molar-refractivity contribution in [3.63, 3.8) is 0 Å². The molecule has 0 amide bonds. The Bertz CT molecular complexity index is 679. The highest BCUT2D eigenvalue weighted by atomic mass is 19.4. The first kappa shape index (κ1) is 15.7.